The molecule has 0 aromatic carbocycles. The highest BCUT2D eigenvalue weighted by molar-refractivity contribution is 9.28. The molecule has 1 rings (SSSR count). The van der Waals surface area contributed by atoms with Gasteiger partial charge in [0.25, 0.3) is 0 Å². The summed E-state index contributed by atoms with van der Waals surface area (Å²) >= 11 is 6.53. The predicted octanol–water partition coefficient (Wildman–Crippen LogP) is 2.51. The first-order valence-electron chi connectivity index (χ1n) is 2.71. The molecule has 0 atom stereocenters. The van der Waals surface area contributed by atoms with E-state index >= 15 is 0 Å². The molecule has 0 saturated heterocycles. The van der Waals surface area contributed by atoms with Crippen molar-refractivity contribution in [1.29, 1.82) is 0 Å². The van der Waals surface area contributed by atoms with Gasteiger partial charge in [0.2, 0.25) is 0 Å². The van der Waals surface area contributed by atoms with Crippen LogP contribution in [-0.2, 0) is 7.05 Å². The average molecular weight is 266 g/mol. The third-order valence-electron chi connectivity index (χ3n) is 1.12. The van der Waals surface area contributed by atoms with Gasteiger partial charge in [-0.05, 0) is 44.0 Å². The summed E-state index contributed by atoms with van der Waals surface area (Å²) in [6.45, 7) is 0. The van der Waals surface area contributed by atoms with Crippen LogP contribution in [-0.4, -0.2) is 9.78 Å². The van der Waals surface area contributed by atoms with Crippen molar-refractivity contribution in [3.63, 3.8) is 0 Å². The van der Waals surface area contributed by atoms with Crippen LogP contribution in [0.1, 0.15) is 5.69 Å². The van der Waals surface area contributed by atoms with Gasteiger partial charge in [-0.2, -0.15) is 5.10 Å². The highest BCUT2D eigenvalue weighted by atomic mass is 79.9. The number of aromatic nitrogens is 2. The van der Waals surface area contributed by atoms with Crippen LogP contribution >= 0.6 is 31.9 Å². The largest absolute Gasteiger partial charge is 0.269 e. The minimum atomic E-state index is 0.920. The van der Waals surface area contributed by atoms with Gasteiger partial charge in [-0.15, -0.1) is 0 Å². The van der Waals surface area contributed by atoms with E-state index in [0.717, 1.165) is 9.09 Å². The zero-order chi connectivity index (χ0) is 7.56. The van der Waals surface area contributed by atoms with Crippen molar-refractivity contribution in [3.8, 4) is 0 Å². The second-order valence-corrected chi connectivity index (χ2v) is 4.59. The molecule has 0 aliphatic carbocycles. The Bertz CT molecular complexity index is 248. The normalized spacial score (nSPS) is 9.50. The fourth-order valence-electron chi connectivity index (χ4n) is 0.638. The minimum absolute atomic E-state index is 0.920. The van der Waals surface area contributed by atoms with Crippen molar-refractivity contribution in [2.75, 3.05) is 0 Å². The highest BCUT2D eigenvalue weighted by Crippen LogP contribution is 2.16. The molecule has 0 spiro atoms. The van der Waals surface area contributed by atoms with Crippen LogP contribution < -0.4 is 0 Å². The molecule has 1 aromatic rings. The van der Waals surface area contributed by atoms with Gasteiger partial charge < -0.3 is 0 Å². The Balaban J connectivity index is 2.95. The lowest BCUT2D eigenvalue weighted by Crippen LogP contribution is -1.91. The van der Waals surface area contributed by atoms with Gasteiger partial charge >= 0.3 is 0 Å². The number of nitrogens with zero attached hydrogens (tertiary/aromatic N) is 2. The van der Waals surface area contributed by atoms with Gasteiger partial charge in [0.05, 0.1) is 9.09 Å². The molecule has 4 heteroatoms. The van der Waals surface area contributed by atoms with E-state index in [-0.39, 0.29) is 0 Å². The second-order valence-electron chi connectivity index (χ2n) is 1.81. The molecule has 0 N–H and O–H groups in total. The Morgan fingerprint density at radius 1 is 1.70 bits per heavy atom. The quantitative estimate of drug-likeness (QED) is 0.763. The molecule has 2 nitrogen and oxygen atoms in total. The molecular weight excluding hydrogens is 260 g/mol. The highest BCUT2D eigenvalue weighted by Gasteiger charge is 1.92. The topological polar surface area (TPSA) is 17.8 Å². The van der Waals surface area contributed by atoms with Gasteiger partial charge in [-0.3, -0.25) is 4.68 Å². The Kier molecular flexibility index (Phi) is 2.68. The van der Waals surface area contributed by atoms with E-state index in [1.165, 1.54) is 0 Å². The van der Waals surface area contributed by atoms with Crippen molar-refractivity contribution in [3.05, 3.63) is 21.3 Å². The van der Waals surface area contributed by atoms with Gasteiger partial charge in [-0.1, -0.05) is 0 Å². The predicted molar refractivity (Wildman–Crippen MR) is 49.0 cm³/mol. The second kappa shape index (κ2) is 3.34. The first-order chi connectivity index (χ1) is 4.70. The van der Waals surface area contributed by atoms with Crippen molar-refractivity contribution in [2.24, 2.45) is 7.05 Å². The lowest BCUT2D eigenvalue weighted by atomic mass is 10.4. The molecular formula is C6H6Br2N2. The van der Waals surface area contributed by atoms with Crippen LogP contribution in [0.2, 0.25) is 0 Å². The standard InChI is InChI=1S/C6H6Br2N2/c1-10-5(2-3-9-10)4-6(7)8/h2-4H,1H3. The maximum atomic E-state index is 4.00. The Morgan fingerprint density at radius 2 is 2.40 bits per heavy atom. The van der Waals surface area contributed by atoms with Crippen LogP contribution in [0.3, 0.4) is 0 Å². The van der Waals surface area contributed by atoms with Crippen molar-refractivity contribution in [1.82, 2.24) is 9.78 Å². The first kappa shape index (κ1) is 8.01. The number of aryl methyl sites for hydroxylation is 1. The van der Waals surface area contributed by atoms with E-state index in [9.17, 15) is 0 Å². The Hall–Kier alpha value is -0.0900. The molecule has 0 radical (unpaired) electrons. The number of hydrogen-bond acceptors (Lipinski definition) is 1. The summed E-state index contributed by atoms with van der Waals surface area (Å²) in [7, 11) is 1.90. The number of halogens is 2. The minimum Gasteiger partial charge on any atom is -0.269 e. The molecule has 1 heterocycles. The van der Waals surface area contributed by atoms with Crippen LogP contribution in [0.5, 0.6) is 0 Å². The zero-order valence-corrected chi connectivity index (χ0v) is 8.55. The molecule has 10 heavy (non-hydrogen) atoms. The maximum Gasteiger partial charge on any atom is 0.0625 e. The van der Waals surface area contributed by atoms with Crippen molar-refractivity contribution < 1.29 is 0 Å². The summed E-state index contributed by atoms with van der Waals surface area (Å²) in [5, 5.41) is 4.00. The lowest BCUT2D eigenvalue weighted by Gasteiger charge is -1.92. The van der Waals surface area contributed by atoms with Gasteiger partial charge in [0.1, 0.15) is 0 Å². The molecule has 0 amide bonds. The summed E-state index contributed by atoms with van der Waals surface area (Å²) in [6, 6.07) is 1.93. The number of hydrogen-bond donors (Lipinski definition) is 0. The molecule has 54 valence electrons. The fraction of sp³-hybridized carbons (Fsp3) is 0.167. The summed E-state index contributed by atoms with van der Waals surface area (Å²) in [5.74, 6) is 0. The lowest BCUT2D eigenvalue weighted by molar-refractivity contribution is 0.760. The summed E-state index contributed by atoms with van der Waals surface area (Å²) < 4.78 is 2.71. The van der Waals surface area contributed by atoms with Gasteiger partial charge in [0, 0.05) is 13.2 Å². The van der Waals surface area contributed by atoms with E-state index < -0.39 is 0 Å². The van der Waals surface area contributed by atoms with E-state index in [2.05, 4.69) is 37.0 Å². The molecule has 0 aliphatic heterocycles. The van der Waals surface area contributed by atoms with E-state index in [4.69, 9.17) is 0 Å². The van der Waals surface area contributed by atoms with Gasteiger partial charge in [-0.25, -0.2) is 0 Å². The maximum absolute atomic E-state index is 4.00. The monoisotopic (exact) mass is 264 g/mol. The smallest absolute Gasteiger partial charge is 0.0625 e. The Morgan fingerprint density at radius 3 is 2.80 bits per heavy atom. The molecule has 1 aromatic heterocycles. The fourth-order valence-corrected chi connectivity index (χ4v) is 1.11. The summed E-state index contributed by atoms with van der Waals surface area (Å²) in [4.78, 5) is 0. The number of rotatable bonds is 1. The van der Waals surface area contributed by atoms with Crippen molar-refractivity contribution in [2.45, 2.75) is 0 Å². The third kappa shape index (κ3) is 1.95. The summed E-state index contributed by atoms with van der Waals surface area (Å²) in [5.41, 5.74) is 1.06. The molecule has 0 aliphatic rings. The van der Waals surface area contributed by atoms with E-state index in [1.54, 1.807) is 10.9 Å². The van der Waals surface area contributed by atoms with Gasteiger partial charge in [0.15, 0.2) is 0 Å². The van der Waals surface area contributed by atoms with Crippen LogP contribution in [0.4, 0.5) is 0 Å². The van der Waals surface area contributed by atoms with Crippen LogP contribution in [0, 0.1) is 0 Å². The van der Waals surface area contributed by atoms with Crippen molar-refractivity contribution >= 4 is 37.9 Å². The van der Waals surface area contributed by atoms with Crippen LogP contribution in [0.25, 0.3) is 6.08 Å². The third-order valence-corrected chi connectivity index (χ3v) is 1.57. The molecule has 0 unspecified atom stereocenters. The average Bonchev–Trinajstić information content (AvgIpc) is 2.15. The molecule has 0 saturated carbocycles. The molecule has 0 fully saturated rings. The van der Waals surface area contributed by atoms with E-state index in [0.29, 0.717) is 0 Å². The summed E-state index contributed by atoms with van der Waals surface area (Å²) in [6.07, 6.45) is 3.70. The SMILES string of the molecule is Cn1nccc1C=C(Br)Br. The molecule has 0 bridgehead atoms. The van der Waals surface area contributed by atoms with Crippen LogP contribution in [0.15, 0.2) is 15.7 Å². The van der Waals surface area contributed by atoms with E-state index in [1.807, 2.05) is 19.2 Å². The zero-order valence-electron chi connectivity index (χ0n) is 5.38. The first-order valence-corrected chi connectivity index (χ1v) is 4.29. The Labute approximate surface area is 76.2 Å².